The minimum atomic E-state index is -0.527. The molecule has 1 amide bonds. The minimum absolute atomic E-state index is 0.00894. The number of phenols is 1. The van der Waals surface area contributed by atoms with Gasteiger partial charge in [0, 0.05) is 6.54 Å². The predicted molar refractivity (Wildman–Crippen MR) is 73.7 cm³/mol. The van der Waals surface area contributed by atoms with Crippen LogP contribution < -0.4 is 5.32 Å². The average Bonchev–Trinajstić information content (AvgIpc) is 2.41. The van der Waals surface area contributed by atoms with Crippen molar-refractivity contribution in [3.05, 3.63) is 29.6 Å². The van der Waals surface area contributed by atoms with Gasteiger partial charge in [-0.05, 0) is 30.5 Å². The van der Waals surface area contributed by atoms with E-state index in [1.807, 2.05) is 0 Å². The van der Waals surface area contributed by atoms with Crippen molar-refractivity contribution in [3.8, 4) is 5.75 Å². The van der Waals surface area contributed by atoms with Gasteiger partial charge in [0.05, 0.1) is 5.56 Å². The van der Waals surface area contributed by atoms with Crippen molar-refractivity contribution in [3.63, 3.8) is 0 Å². The van der Waals surface area contributed by atoms with Crippen LogP contribution in [-0.4, -0.2) is 17.6 Å². The maximum absolute atomic E-state index is 13.0. The van der Waals surface area contributed by atoms with Gasteiger partial charge in [-0.3, -0.25) is 4.79 Å². The lowest BCUT2D eigenvalue weighted by Crippen LogP contribution is -2.29. The molecule has 0 aliphatic carbocycles. The number of hydrogen-bond donors (Lipinski definition) is 2. The molecule has 0 radical (unpaired) electrons. The molecule has 3 nitrogen and oxygen atoms in total. The number of aromatic hydroxyl groups is 1. The molecule has 1 aromatic carbocycles. The molecule has 1 aromatic rings. The fraction of sp³-hybridized carbons (Fsp3) is 0.533. The number of amides is 1. The zero-order valence-corrected chi connectivity index (χ0v) is 11.6. The molecule has 2 N–H and O–H groups in total. The van der Waals surface area contributed by atoms with E-state index < -0.39 is 11.7 Å². The molecule has 0 saturated heterocycles. The SMILES string of the molecule is CCCCC(CC)CNC(=O)c1cc(F)ccc1O. The summed E-state index contributed by atoms with van der Waals surface area (Å²) < 4.78 is 13.0. The topological polar surface area (TPSA) is 49.3 Å². The Kier molecular flexibility index (Phi) is 6.33. The molecule has 0 aromatic heterocycles. The minimum Gasteiger partial charge on any atom is -0.507 e. The molecule has 0 bridgehead atoms. The van der Waals surface area contributed by atoms with Crippen molar-refractivity contribution in [1.29, 1.82) is 0 Å². The number of halogens is 1. The van der Waals surface area contributed by atoms with E-state index >= 15 is 0 Å². The van der Waals surface area contributed by atoms with Gasteiger partial charge in [0.15, 0.2) is 0 Å². The second kappa shape index (κ2) is 7.77. The first-order valence-corrected chi connectivity index (χ1v) is 6.85. The second-order valence-electron chi connectivity index (χ2n) is 4.79. The molecule has 106 valence electrons. The van der Waals surface area contributed by atoms with Crippen LogP contribution >= 0.6 is 0 Å². The quantitative estimate of drug-likeness (QED) is 0.794. The lowest BCUT2D eigenvalue weighted by Gasteiger charge is -2.15. The highest BCUT2D eigenvalue weighted by Crippen LogP contribution is 2.18. The Hall–Kier alpha value is -1.58. The van der Waals surface area contributed by atoms with Crippen molar-refractivity contribution in [2.75, 3.05) is 6.54 Å². The monoisotopic (exact) mass is 267 g/mol. The molecule has 0 heterocycles. The first kappa shape index (κ1) is 15.5. The Balaban J connectivity index is 2.56. The number of hydrogen-bond acceptors (Lipinski definition) is 2. The second-order valence-corrected chi connectivity index (χ2v) is 4.79. The maximum atomic E-state index is 13.0. The summed E-state index contributed by atoms with van der Waals surface area (Å²) >= 11 is 0. The number of carbonyl (C=O) groups excluding carboxylic acids is 1. The Morgan fingerprint density at radius 2 is 2.16 bits per heavy atom. The Bertz CT molecular complexity index is 421. The third-order valence-corrected chi connectivity index (χ3v) is 3.30. The van der Waals surface area contributed by atoms with Gasteiger partial charge in [0.2, 0.25) is 0 Å². The van der Waals surface area contributed by atoms with E-state index in [0.717, 1.165) is 37.8 Å². The van der Waals surface area contributed by atoms with E-state index in [1.54, 1.807) is 0 Å². The van der Waals surface area contributed by atoms with Crippen LogP contribution in [0.3, 0.4) is 0 Å². The maximum Gasteiger partial charge on any atom is 0.255 e. The first-order valence-electron chi connectivity index (χ1n) is 6.85. The summed E-state index contributed by atoms with van der Waals surface area (Å²) in [6.07, 6.45) is 4.34. The highest BCUT2D eigenvalue weighted by Gasteiger charge is 2.14. The fourth-order valence-corrected chi connectivity index (χ4v) is 1.97. The molecule has 0 spiro atoms. The molecule has 1 unspecified atom stereocenters. The summed E-state index contributed by atoms with van der Waals surface area (Å²) in [5, 5.41) is 12.3. The lowest BCUT2D eigenvalue weighted by molar-refractivity contribution is 0.0942. The number of benzene rings is 1. The molecule has 0 aliphatic rings. The lowest BCUT2D eigenvalue weighted by atomic mass is 9.99. The van der Waals surface area contributed by atoms with Gasteiger partial charge in [0.25, 0.3) is 5.91 Å². The number of carbonyl (C=O) groups is 1. The van der Waals surface area contributed by atoms with Gasteiger partial charge in [-0.15, -0.1) is 0 Å². The summed E-state index contributed by atoms with van der Waals surface area (Å²) in [5.74, 6) is -0.715. The summed E-state index contributed by atoms with van der Waals surface area (Å²) in [7, 11) is 0. The van der Waals surface area contributed by atoms with Gasteiger partial charge in [-0.25, -0.2) is 4.39 Å². The summed E-state index contributed by atoms with van der Waals surface area (Å²) in [6, 6.07) is 3.37. The Labute approximate surface area is 113 Å². The predicted octanol–water partition coefficient (Wildman–Crippen LogP) is 3.48. The van der Waals surface area contributed by atoms with Gasteiger partial charge >= 0.3 is 0 Å². The molecule has 4 heteroatoms. The molecule has 0 aliphatic heterocycles. The van der Waals surface area contributed by atoms with E-state index in [-0.39, 0.29) is 11.3 Å². The van der Waals surface area contributed by atoms with Gasteiger partial charge in [-0.2, -0.15) is 0 Å². The van der Waals surface area contributed by atoms with Crippen molar-refractivity contribution in [2.24, 2.45) is 5.92 Å². The van der Waals surface area contributed by atoms with Crippen LogP contribution in [0.15, 0.2) is 18.2 Å². The van der Waals surface area contributed by atoms with E-state index in [1.165, 1.54) is 6.07 Å². The molecular formula is C15H22FNO2. The third kappa shape index (κ3) is 4.89. The van der Waals surface area contributed by atoms with Crippen molar-refractivity contribution >= 4 is 5.91 Å². The number of phenolic OH excluding ortho intramolecular Hbond substituents is 1. The van der Waals surface area contributed by atoms with Crippen LogP contribution in [0, 0.1) is 11.7 Å². The molecule has 1 atom stereocenters. The van der Waals surface area contributed by atoms with Crippen LogP contribution in [0.25, 0.3) is 0 Å². The third-order valence-electron chi connectivity index (χ3n) is 3.30. The van der Waals surface area contributed by atoms with Gasteiger partial charge in [-0.1, -0.05) is 33.1 Å². The number of nitrogens with one attached hydrogen (secondary N) is 1. The molecular weight excluding hydrogens is 245 g/mol. The molecule has 19 heavy (non-hydrogen) atoms. The summed E-state index contributed by atoms with van der Waals surface area (Å²) in [6.45, 7) is 4.79. The Morgan fingerprint density at radius 1 is 1.42 bits per heavy atom. The van der Waals surface area contributed by atoms with Gasteiger partial charge in [0.1, 0.15) is 11.6 Å². The van der Waals surface area contributed by atoms with Crippen LogP contribution in [-0.2, 0) is 0 Å². The van der Waals surface area contributed by atoms with Crippen LogP contribution in [0.5, 0.6) is 5.75 Å². The van der Waals surface area contributed by atoms with E-state index in [0.29, 0.717) is 12.5 Å². The molecule has 0 saturated carbocycles. The first-order chi connectivity index (χ1) is 9.08. The van der Waals surface area contributed by atoms with Crippen LogP contribution in [0.4, 0.5) is 4.39 Å². The Morgan fingerprint density at radius 3 is 2.79 bits per heavy atom. The zero-order valence-electron chi connectivity index (χ0n) is 11.6. The number of unbranched alkanes of at least 4 members (excludes halogenated alkanes) is 1. The number of rotatable bonds is 7. The van der Waals surface area contributed by atoms with Crippen molar-refractivity contribution < 1.29 is 14.3 Å². The van der Waals surface area contributed by atoms with Crippen molar-refractivity contribution in [1.82, 2.24) is 5.32 Å². The van der Waals surface area contributed by atoms with Crippen molar-refractivity contribution in [2.45, 2.75) is 39.5 Å². The fourth-order valence-electron chi connectivity index (χ4n) is 1.97. The van der Waals surface area contributed by atoms with E-state index in [2.05, 4.69) is 19.2 Å². The largest absolute Gasteiger partial charge is 0.507 e. The summed E-state index contributed by atoms with van der Waals surface area (Å²) in [5.41, 5.74) is -0.00894. The standard InChI is InChI=1S/C15H22FNO2/c1-3-5-6-11(4-2)10-17-15(19)13-9-12(16)7-8-14(13)18/h7-9,11,18H,3-6,10H2,1-2H3,(H,17,19). The van der Waals surface area contributed by atoms with Gasteiger partial charge < -0.3 is 10.4 Å². The smallest absolute Gasteiger partial charge is 0.255 e. The normalized spacial score (nSPS) is 12.2. The highest BCUT2D eigenvalue weighted by molar-refractivity contribution is 5.96. The zero-order chi connectivity index (χ0) is 14.3. The van der Waals surface area contributed by atoms with E-state index in [9.17, 15) is 14.3 Å². The van der Waals surface area contributed by atoms with Crippen LogP contribution in [0.1, 0.15) is 49.9 Å². The van der Waals surface area contributed by atoms with Crippen LogP contribution in [0.2, 0.25) is 0 Å². The average molecular weight is 267 g/mol. The highest BCUT2D eigenvalue weighted by atomic mass is 19.1. The molecule has 1 rings (SSSR count). The molecule has 0 fully saturated rings. The van der Waals surface area contributed by atoms with E-state index in [4.69, 9.17) is 0 Å². The summed E-state index contributed by atoms with van der Waals surface area (Å²) in [4.78, 5) is 11.9.